The van der Waals surface area contributed by atoms with Crippen molar-refractivity contribution < 1.29 is 9.53 Å². The van der Waals surface area contributed by atoms with E-state index in [2.05, 4.69) is 16.9 Å². The maximum absolute atomic E-state index is 12.0. The smallest absolute Gasteiger partial charge is 0.334 e. The van der Waals surface area contributed by atoms with Gasteiger partial charge in [0.05, 0.1) is 25.3 Å². The molecule has 1 heterocycles. The molecule has 3 rings (SSSR count). The van der Waals surface area contributed by atoms with E-state index in [1.165, 1.54) is 7.11 Å². The lowest BCUT2D eigenvalue weighted by molar-refractivity contribution is -0.136. The molecule has 5 nitrogen and oxygen atoms in total. The lowest BCUT2D eigenvalue weighted by atomic mass is 9.89. The van der Waals surface area contributed by atoms with Crippen LogP contribution in [0.5, 0.6) is 0 Å². The maximum atomic E-state index is 12.0. The monoisotopic (exact) mass is 333 g/mol. The molecule has 5 heteroatoms. The van der Waals surface area contributed by atoms with Gasteiger partial charge in [-0.2, -0.15) is 0 Å². The van der Waals surface area contributed by atoms with Crippen LogP contribution in [-0.4, -0.2) is 28.1 Å². The molecule has 1 aromatic heterocycles. The molecule has 25 heavy (non-hydrogen) atoms. The van der Waals surface area contributed by atoms with Crippen LogP contribution < -0.4 is 0 Å². The molecule has 0 spiro atoms. The average Bonchev–Trinajstić information content (AvgIpc) is 3.10. The number of carbonyl (C=O) groups excluding carboxylic acids is 1. The predicted octanol–water partition coefficient (Wildman–Crippen LogP) is 3.19. The molecule has 1 atom stereocenters. The van der Waals surface area contributed by atoms with Gasteiger partial charge in [0.25, 0.3) is 0 Å². The van der Waals surface area contributed by atoms with Crippen molar-refractivity contribution in [2.75, 3.05) is 7.11 Å². The van der Waals surface area contributed by atoms with Crippen LogP contribution in [0.2, 0.25) is 0 Å². The maximum Gasteiger partial charge on any atom is 0.334 e. The Kier molecular flexibility index (Phi) is 5.04. The third-order valence-corrected chi connectivity index (χ3v) is 3.97. The Bertz CT molecular complexity index is 857. The Morgan fingerprint density at radius 1 is 1.12 bits per heavy atom. The van der Waals surface area contributed by atoms with Crippen molar-refractivity contribution in [2.24, 2.45) is 0 Å². The molecule has 0 aliphatic heterocycles. The number of carbonyl (C=O) groups is 1. The Balaban J connectivity index is 1.92. The zero-order valence-electron chi connectivity index (χ0n) is 14.0. The van der Waals surface area contributed by atoms with Crippen molar-refractivity contribution in [3.8, 4) is 0 Å². The quantitative estimate of drug-likeness (QED) is 0.513. The van der Waals surface area contributed by atoms with Gasteiger partial charge < -0.3 is 4.74 Å². The number of rotatable bonds is 6. The van der Waals surface area contributed by atoms with Crippen LogP contribution in [0.3, 0.4) is 0 Å². The first-order valence-corrected chi connectivity index (χ1v) is 7.95. The van der Waals surface area contributed by atoms with Crippen LogP contribution in [0.1, 0.15) is 22.7 Å². The minimum Gasteiger partial charge on any atom is -0.466 e. The highest BCUT2D eigenvalue weighted by atomic mass is 16.5. The fourth-order valence-electron chi connectivity index (χ4n) is 2.74. The summed E-state index contributed by atoms with van der Waals surface area (Å²) in [6.07, 6.45) is 1.85. The summed E-state index contributed by atoms with van der Waals surface area (Å²) in [5.41, 5.74) is 3.05. The molecular formula is C20H19N3O2. The number of ether oxygens (including phenoxy) is 1. The average molecular weight is 333 g/mol. The topological polar surface area (TPSA) is 57.0 Å². The van der Waals surface area contributed by atoms with Crippen molar-refractivity contribution in [3.05, 3.63) is 95.8 Å². The van der Waals surface area contributed by atoms with Crippen molar-refractivity contribution in [1.29, 1.82) is 0 Å². The van der Waals surface area contributed by atoms with E-state index in [9.17, 15) is 4.79 Å². The lowest BCUT2D eigenvalue weighted by Crippen LogP contribution is -2.14. The van der Waals surface area contributed by atoms with Gasteiger partial charge in [-0.3, -0.25) is 0 Å². The van der Waals surface area contributed by atoms with Gasteiger partial charge in [-0.05, 0) is 11.1 Å². The molecule has 3 aromatic rings. The number of hydrogen-bond acceptors (Lipinski definition) is 4. The third kappa shape index (κ3) is 3.83. The van der Waals surface area contributed by atoms with Gasteiger partial charge in [0.15, 0.2) is 0 Å². The van der Waals surface area contributed by atoms with Gasteiger partial charge in [0, 0.05) is 11.8 Å². The molecule has 0 aliphatic rings. The highest BCUT2D eigenvalue weighted by molar-refractivity contribution is 5.90. The molecule has 0 fully saturated rings. The van der Waals surface area contributed by atoms with Gasteiger partial charge >= 0.3 is 5.97 Å². The summed E-state index contributed by atoms with van der Waals surface area (Å²) in [5.74, 6) is -0.843. The zero-order chi connectivity index (χ0) is 17.6. The van der Waals surface area contributed by atoms with Crippen LogP contribution >= 0.6 is 0 Å². The van der Waals surface area contributed by atoms with Crippen LogP contribution in [0.25, 0.3) is 0 Å². The summed E-state index contributed by atoms with van der Waals surface area (Å²) in [4.78, 5) is 12.0. The van der Waals surface area contributed by atoms with Crippen LogP contribution in [0.15, 0.2) is 79.0 Å². The molecule has 0 radical (unpaired) electrons. The number of nitrogens with zero attached hydrogens (tertiary/aromatic N) is 3. The van der Waals surface area contributed by atoms with Crippen LogP contribution in [0.4, 0.5) is 0 Å². The molecular weight excluding hydrogens is 314 g/mol. The SMILES string of the molecule is C=C(C(=O)OC)[C@H](c1ccccc1)c1cn(Cc2ccccc2)nn1. The van der Waals surface area contributed by atoms with E-state index in [-0.39, 0.29) is 0 Å². The minimum atomic E-state index is -0.452. The highest BCUT2D eigenvalue weighted by Gasteiger charge is 2.26. The van der Waals surface area contributed by atoms with Gasteiger partial charge in [-0.1, -0.05) is 72.5 Å². The zero-order valence-corrected chi connectivity index (χ0v) is 14.0. The van der Waals surface area contributed by atoms with Crippen molar-refractivity contribution in [3.63, 3.8) is 0 Å². The summed E-state index contributed by atoms with van der Waals surface area (Å²) in [7, 11) is 1.35. The first kappa shape index (κ1) is 16.6. The van der Waals surface area contributed by atoms with Gasteiger partial charge in [0.1, 0.15) is 0 Å². The Labute approximate surface area is 146 Å². The van der Waals surface area contributed by atoms with E-state index >= 15 is 0 Å². The van der Waals surface area contributed by atoms with E-state index in [1.807, 2.05) is 66.9 Å². The number of aromatic nitrogens is 3. The molecule has 0 saturated heterocycles. The molecule has 0 unspecified atom stereocenters. The summed E-state index contributed by atoms with van der Waals surface area (Å²) >= 11 is 0. The van der Waals surface area contributed by atoms with Gasteiger partial charge in [0.2, 0.25) is 0 Å². The number of methoxy groups -OCH3 is 1. The second kappa shape index (κ2) is 7.57. The molecule has 126 valence electrons. The predicted molar refractivity (Wildman–Crippen MR) is 95.0 cm³/mol. The van der Waals surface area contributed by atoms with E-state index in [1.54, 1.807) is 4.68 Å². The Morgan fingerprint density at radius 2 is 1.76 bits per heavy atom. The third-order valence-electron chi connectivity index (χ3n) is 3.97. The summed E-state index contributed by atoms with van der Waals surface area (Å²) in [5, 5.41) is 8.47. The van der Waals surface area contributed by atoms with E-state index in [0.717, 1.165) is 11.1 Å². The van der Waals surface area contributed by atoms with E-state index < -0.39 is 11.9 Å². The summed E-state index contributed by atoms with van der Waals surface area (Å²) in [6, 6.07) is 19.6. The first-order valence-electron chi connectivity index (χ1n) is 7.95. The minimum absolute atomic E-state index is 0.334. The summed E-state index contributed by atoms with van der Waals surface area (Å²) in [6.45, 7) is 4.53. The highest BCUT2D eigenvalue weighted by Crippen LogP contribution is 2.30. The molecule has 2 aromatic carbocycles. The fourth-order valence-corrected chi connectivity index (χ4v) is 2.74. The second-order valence-electron chi connectivity index (χ2n) is 5.69. The Hall–Kier alpha value is -3.21. The molecule has 0 amide bonds. The van der Waals surface area contributed by atoms with E-state index in [0.29, 0.717) is 17.8 Å². The largest absolute Gasteiger partial charge is 0.466 e. The molecule has 0 aliphatic carbocycles. The lowest BCUT2D eigenvalue weighted by Gasteiger charge is -2.16. The number of esters is 1. The second-order valence-corrected chi connectivity index (χ2v) is 5.69. The van der Waals surface area contributed by atoms with Crippen LogP contribution in [-0.2, 0) is 16.1 Å². The van der Waals surface area contributed by atoms with Crippen molar-refractivity contribution >= 4 is 5.97 Å². The normalized spacial score (nSPS) is 11.7. The fraction of sp³-hybridized carbons (Fsp3) is 0.150. The molecule has 0 bridgehead atoms. The summed E-state index contributed by atoms with van der Waals surface area (Å²) < 4.78 is 6.60. The number of benzene rings is 2. The van der Waals surface area contributed by atoms with E-state index in [4.69, 9.17) is 4.74 Å². The van der Waals surface area contributed by atoms with Gasteiger partial charge in [-0.15, -0.1) is 5.10 Å². The van der Waals surface area contributed by atoms with Gasteiger partial charge in [-0.25, -0.2) is 9.48 Å². The molecule has 0 saturated carbocycles. The first-order chi connectivity index (χ1) is 12.2. The molecule has 0 N–H and O–H groups in total. The number of hydrogen-bond donors (Lipinski definition) is 0. The van der Waals surface area contributed by atoms with Crippen molar-refractivity contribution in [1.82, 2.24) is 15.0 Å². The standard InChI is InChI=1S/C20H19N3O2/c1-15(20(24)25-2)19(17-11-7-4-8-12-17)18-14-23(22-21-18)13-16-9-5-3-6-10-16/h3-12,14,19H,1,13H2,2H3/t19-/m1/s1. The Morgan fingerprint density at radius 3 is 2.40 bits per heavy atom. The van der Waals surface area contributed by atoms with Crippen LogP contribution in [0, 0.1) is 0 Å². The van der Waals surface area contributed by atoms with Crippen molar-refractivity contribution in [2.45, 2.75) is 12.5 Å².